The zero-order valence-electron chi connectivity index (χ0n) is 10.2. The van der Waals surface area contributed by atoms with E-state index >= 15 is 0 Å². The second-order valence-corrected chi connectivity index (χ2v) is 6.08. The predicted octanol–water partition coefficient (Wildman–Crippen LogP) is 0.393. The number of aliphatic hydroxyl groups excluding tert-OH is 1. The molecule has 0 saturated carbocycles. The Labute approximate surface area is 106 Å². The highest BCUT2D eigenvalue weighted by Crippen LogP contribution is 2.17. The maximum Gasteiger partial charge on any atom is 0.243 e. The van der Waals surface area contributed by atoms with Crippen LogP contribution in [0.2, 0.25) is 0 Å². The number of hydrogen-bond donors (Lipinski definition) is 2. The Kier molecular flexibility index (Phi) is 4.40. The normalized spacial score (nSPS) is 12.1. The fraction of sp³-hybridized carbons (Fsp3) is 0.455. The van der Waals surface area contributed by atoms with Crippen LogP contribution in [0.5, 0.6) is 0 Å². The van der Waals surface area contributed by atoms with E-state index in [0.29, 0.717) is 0 Å². The Morgan fingerprint density at radius 2 is 2.22 bits per heavy atom. The van der Waals surface area contributed by atoms with Gasteiger partial charge in [-0.25, -0.2) is 18.1 Å². The summed E-state index contributed by atoms with van der Waals surface area (Å²) in [6, 6.07) is 4.51. The Hall–Kier alpha value is -1.49. The maximum atomic E-state index is 12.1. The molecule has 0 fully saturated rings. The average Bonchev–Trinajstić information content (AvgIpc) is 2.27. The number of aromatic nitrogens is 1. The maximum absolute atomic E-state index is 12.1. The van der Waals surface area contributed by atoms with Crippen molar-refractivity contribution >= 4 is 10.0 Å². The lowest BCUT2D eigenvalue weighted by Crippen LogP contribution is -2.44. The number of pyridine rings is 1. The number of nitrogens with zero attached hydrogens (tertiary/aromatic N) is 2. The Bertz CT molecular complexity index is 561. The molecule has 2 N–H and O–H groups in total. The SMILES string of the molecule is CC(C)(CCO)NS(=O)(=O)c1cccnc1C#N. The molecule has 0 aliphatic heterocycles. The summed E-state index contributed by atoms with van der Waals surface area (Å²) in [6.07, 6.45) is 1.63. The van der Waals surface area contributed by atoms with Crippen LogP contribution in [-0.2, 0) is 10.0 Å². The molecule has 0 aliphatic rings. The standard InChI is InChI=1S/C11H15N3O3S/c1-11(2,5-7-15)14-18(16,17)10-4-3-6-13-9(10)8-12/h3-4,6,14-15H,5,7H2,1-2H3. The van der Waals surface area contributed by atoms with Gasteiger partial charge in [0.2, 0.25) is 10.0 Å². The van der Waals surface area contributed by atoms with Crippen LogP contribution in [0.15, 0.2) is 23.2 Å². The van der Waals surface area contributed by atoms with Gasteiger partial charge in [0, 0.05) is 18.3 Å². The van der Waals surface area contributed by atoms with Gasteiger partial charge >= 0.3 is 0 Å². The number of hydrogen-bond acceptors (Lipinski definition) is 5. The highest BCUT2D eigenvalue weighted by Gasteiger charge is 2.27. The van der Waals surface area contributed by atoms with Gasteiger partial charge in [0.05, 0.1) is 0 Å². The van der Waals surface area contributed by atoms with Crippen LogP contribution < -0.4 is 4.72 Å². The van der Waals surface area contributed by atoms with E-state index < -0.39 is 15.6 Å². The molecular formula is C11H15N3O3S. The fourth-order valence-corrected chi connectivity index (χ4v) is 2.99. The molecular weight excluding hydrogens is 254 g/mol. The zero-order valence-corrected chi connectivity index (χ0v) is 11.0. The number of sulfonamides is 1. The van der Waals surface area contributed by atoms with Crippen LogP contribution in [0, 0.1) is 11.3 Å². The third kappa shape index (κ3) is 3.50. The van der Waals surface area contributed by atoms with Gasteiger partial charge in [-0.2, -0.15) is 5.26 Å². The molecule has 0 atom stereocenters. The van der Waals surface area contributed by atoms with Crippen molar-refractivity contribution in [3.05, 3.63) is 24.0 Å². The zero-order chi connectivity index (χ0) is 13.8. The predicted molar refractivity (Wildman–Crippen MR) is 65.1 cm³/mol. The molecule has 0 aliphatic carbocycles. The molecule has 0 radical (unpaired) electrons. The van der Waals surface area contributed by atoms with Gasteiger partial charge in [-0.3, -0.25) is 0 Å². The van der Waals surface area contributed by atoms with Crippen molar-refractivity contribution in [2.75, 3.05) is 6.61 Å². The van der Waals surface area contributed by atoms with E-state index in [1.807, 2.05) is 0 Å². The summed E-state index contributed by atoms with van der Waals surface area (Å²) >= 11 is 0. The third-order valence-electron chi connectivity index (χ3n) is 2.31. The smallest absolute Gasteiger partial charge is 0.243 e. The van der Waals surface area contributed by atoms with Crippen LogP contribution in [-0.4, -0.2) is 30.7 Å². The molecule has 1 aromatic heterocycles. The van der Waals surface area contributed by atoms with Crippen molar-refractivity contribution in [1.29, 1.82) is 5.26 Å². The van der Waals surface area contributed by atoms with Crippen molar-refractivity contribution in [3.63, 3.8) is 0 Å². The van der Waals surface area contributed by atoms with Gasteiger partial charge in [-0.15, -0.1) is 0 Å². The molecule has 7 heteroatoms. The van der Waals surface area contributed by atoms with E-state index in [-0.39, 0.29) is 23.6 Å². The van der Waals surface area contributed by atoms with Gasteiger partial charge in [0.15, 0.2) is 5.69 Å². The monoisotopic (exact) mass is 269 g/mol. The van der Waals surface area contributed by atoms with E-state index in [2.05, 4.69) is 9.71 Å². The minimum absolute atomic E-state index is 0.131. The molecule has 0 unspecified atom stereocenters. The summed E-state index contributed by atoms with van der Waals surface area (Å²) in [5.74, 6) is 0. The summed E-state index contributed by atoms with van der Waals surface area (Å²) in [7, 11) is -3.83. The number of rotatable bonds is 5. The van der Waals surface area contributed by atoms with E-state index in [9.17, 15) is 8.42 Å². The summed E-state index contributed by atoms with van der Waals surface area (Å²) in [5.41, 5.74) is -0.944. The van der Waals surface area contributed by atoms with Gasteiger partial charge < -0.3 is 5.11 Å². The number of nitrogens with one attached hydrogen (secondary N) is 1. The Balaban J connectivity index is 3.12. The number of aliphatic hydroxyl groups is 1. The molecule has 0 amide bonds. The number of nitriles is 1. The Morgan fingerprint density at radius 3 is 2.78 bits per heavy atom. The molecule has 1 heterocycles. The third-order valence-corrected chi connectivity index (χ3v) is 4.04. The van der Waals surface area contributed by atoms with Gasteiger partial charge in [0.1, 0.15) is 11.0 Å². The molecule has 0 aromatic carbocycles. The van der Waals surface area contributed by atoms with Crippen LogP contribution in [0.1, 0.15) is 26.0 Å². The van der Waals surface area contributed by atoms with Crippen LogP contribution >= 0.6 is 0 Å². The fourth-order valence-electron chi connectivity index (χ4n) is 1.44. The molecule has 6 nitrogen and oxygen atoms in total. The largest absolute Gasteiger partial charge is 0.396 e. The first kappa shape index (κ1) is 14.6. The van der Waals surface area contributed by atoms with Crippen LogP contribution in [0.25, 0.3) is 0 Å². The van der Waals surface area contributed by atoms with E-state index in [1.165, 1.54) is 18.3 Å². The first-order chi connectivity index (χ1) is 8.32. The van der Waals surface area contributed by atoms with Crippen LogP contribution in [0.4, 0.5) is 0 Å². The first-order valence-corrected chi connectivity index (χ1v) is 6.81. The highest BCUT2D eigenvalue weighted by atomic mass is 32.2. The molecule has 18 heavy (non-hydrogen) atoms. The Morgan fingerprint density at radius 1 is 1.56 bits per heavy atom. The minimum atomic E-state index is -3.83. The van der Waals surface area contributed by atoms with Crippen molar-refractivity contribution in [3.8, 4) is 6.07 Å². The lowest BCUT2D eigenvalue weighted by molar-refractivity contribution is 0.245. The van der Waals surface area contributed by atoms with E-state index in [1.54, 1.807) is 19.9 Å². The van der Waals surface area contributed by atoms with Gasteiger partial charge in [-0.05, 0) is 32.4 Å². The summed E-state index contributed by atoms with van der Waals surface area (Å²) in [5, 5.41) is 17.7. The van der Waals surface area contributed by atoms with Crippen molar-refractivity contribution in [2.45, 2.75) is 30.7 Å². The van der Waals surface area contributed by atoms with Crippen molar-refractivity contribution in [2.24, 2.45) is 0 Å². The minimum Gasteiger partial charge on any atom is -0.396 e. The lowest BCUT2D eigenvalue weighted by Gasteiger charge is -2.25. The average molecular weight is 269 g/mol. The van der Waals surface area contributed by atoms with Gasteiger partial charge in [-0.1, -0.05) is 0 Å². The molecule has 0 saturated heterocycles. The topological polar surface area (TPSA) is 103 Å². The highest BCUT2D eigenvalue weighted by molar-refractivity contribution is 7.89. The van der Waals surface area contributed by atoms with Crippen LogP contribution in [0.3, 0.4) is 0 Å². The summed E-state index contributed by atoms with van der Waals surface area (Å²) in [6.45, 7) is 3.18. The molecule has 1 aromatic rings. The first-order valence-electron chi connectivity index (χ1n) is 5.32. The molecule has 98 valence electrons. The van der Waals surface area contributed by atoms with Crippen molar-refractivity contribution in [1.82, 2.24) is 9.71 Å². The van der Waals surface area contributed by atoms with E-state index in [4.69, 9.17) is 10.4 Å². The van der Waals surface area contributed by atoms with Gasteiger partial charge in [0.25, 0.3) is 0 Å². The molecule has 0 bridgehead atoms. The van der Waals surface area contributed by atoms with E-state index in [0.717, 1.165) is 0 Å². The van der Waals surface area contributed by atoms with Crippen molar-refractivity contribution < 1.29 is 13.5 Å². The lowest BCUT2D eigenvalue weighted by atomic mass is 10.0. The second-order valence-electron chi connectivity index (χ2n) is 4.42. The molecule has 1 rings (SSSR count). The molecule has 0 spiro atoms. The summed E-state index contributed by atoms with van der Waals surface area (Å²) < 4.78 is 26.7. The quantitative estimate of drug-likeness (QED) is 0.805. The second kappa shape index (κ2) is 5.44. The summed E-state index contributed by atoms with van der Waals surface area (Å²) in [4.78, 5) is 3.56.